The van der Waals surface area contributed by atoms with Gasteiger partial charge in [0.25, 0.3) is 0 Å². The fraction of sp³-hybridized carbons (Fsp3) is 0.368. The third kappa shape index (κ3) is 6.63. The third-order valence-corrected chi connectivity index (χ3v) is 3.79. The average molecular weight is 362 g/mol. The molecule has 1 aromatic carbocycles. The van der Waals surface area contributed by atoms with Crippen LogP contribution in [-0.4, -0.2) is 24.2 Å². The zero-order chi connectivity index (χ0) is 18.3. The second-order valence-corrected chi connectivity index (χ2v) is 7.15. The van der Waals surface area contributed by atoms with E-state index < -0.39 is 0 Å². The molecule has 0 aliphatic heterocycles. The van der Waals surface area contributed by atoms with E-state index in [0.717, 1.165) is 5.75 Å². The number of rotatable bonds is 6. The van der Waals surface area contributed by atoms with Gasteiger partial charge in [-0.2, -0.15) is 0 Å². The second-order valence-electron chi connectivity index (χ2n) is 6.72. The van der Waals surface area contributed by atoms with Crippen LogP contribution >= 0.6 is 11.6 Å². The van der Waals surface area contributed by atoms with Gasteiger partial charge in [-0.05, 0) is 41.7 Å². The van der Waals surface area contributed by atoms with Crippen molar-refractivity contribution in [2.24, 2.45) is 0 Å². The lowest BCUT2D eigenvalue weighted by Crippen LogP contribution is -2.30. The number of carbonyl (C=O) groups excluding carboxylic acids is 1. The van der Waals surface area contributed by atoms with Crippen molar-refractivity contribution in [2.75, 3.05) is 18.5 Å². The summed E-state index contributed by atoms with van der Waals surface area (Å²) in [4.78, 5) is 15.7. The van der Waals surface area contributed by atoms with E-state index in [2.05, 4.69) is 48.5 Å². The molecular formula is C19H24ClN3O2. The summed E-state index contributed by atoms with van der Waals surface area (Å²) in [5.41, 5.74) is 1.40. The van der Waals surface area contributed by atoms with Gasteiger partial charge in [0.1, 0.15) is 11.6 Å². The van der Waals surface area contributed by atoms with Gasteiger partial charge in [0.05, 0.1) is 6.61 Å². The molecule has 2 N–H and O–H groups in total. The summed E-state index contributed by atoms with van der Waals surface area (Å²) >= 11 is 5.84. The molecule has 0 unspecified atom stereocenters. The van der Waals surface area contributed by atoms with Crippen molar-refractivity contribution in [3.8, 4) is 5.75 Å². The van der Waals surface area contributed by atoms with Crippen LogP contribution < -0.4 is 15.4 Å². The van der Waals surface area contributed by atoms with Crippen LogP contribution in [0.2, 0.25) is 5.02 Å². The van der Waals surface area contributed by atoms with E-state index in [1.165, 1.54) is 11.8 Å². The molecule has 0 atom stereocenters. The molecule has 0 radical (unpaired) electrons. The van der Waals surface area contributed by atoms with Gasteiger partial charge >= 0.3 is 6.03 Å². The molecule has 2 rings (SSSR count). The zero-order valence-corrected chi connectivity index (χ0v) is 15.6. The fourth-order valence-electron chi connectivity index (χ4n) is 2.15. The summed E-state index contributed by atoms with van der Waals surface area (Å²) in [5, 5.41) is 5.90. The molecule has 1 aromatic heterocycles. The van der Waals surface area contributed by atoms with Crippen LogP contribution in [0.5, 0.6) is 5.75 Å². The number of benzene rings is 1. The van der Waals surface area contributed by atoms with Gasteiger partial charge in [0.15, 0.2) is 0 Å². The normalized spacial score (nSPS) is 11.0. The van der Waals surface area contributed by atoms with E-state index >= 15 is 0 Å². The number of halogens is 1. The first-order valence-electron chi connectivity index (χ1n) is 8.24. The van der Waals surface area contributed by atoms with E-state index in [-0.39, 0.29) is 11.4 Å². The Morgan fingerprint density at radius 2 is 1.92 bits per heavy atom. The molecule has 2 aromatic rings. The van der Waals surface area contributed by atoms with E-state index in [1.54, 1.807) is 12.1 Å². The second kappa shape index (κ2) is 8.72. The van der Waals surface area contributed by atoms with Crippen molar-refractivity contribution in [3.05, 3.63) is 53.2 Å². The maximum absolute atomic E-state index is 11.7. The standard InChI is InChI=1S/C19H24ClN3O2/c1-19(2,3)14-5-7-16(8-6-14)25-12-4-10-22-18(24)23-17-13-15(20)9-11-21-17/h5-9,11,13H,4,10,12H2,1-3H3,(H2,21,22,23,24). The predicted octanol–water partition coefficient (Wildman–Crippen LogP) is 4.62. The Balaban J connectivity index is 1.65. The van der Waals surface area contributed by atoms with Gasteiger partial charge < -0.3 is 10.1 Å². The molecule has 1 heterocycles. The summed E-state index contributed by atoms with van der Waals surface area (Å²) in [6.45, 7) is 7.58. The maximum atomic E-state index is 11.7. The Bertz CT molecular complexity index is 697. The Labute approximate surface area is 153 Å². The number of carbonyl (C=O) groups is 1. The minimum absolute atomic E-state index is 0.133. The monoisotopic (exact) mass is 361 g/mol. The molecule has 5 nitrogen and oxygen atoms in total. The van der Waals surface area contributed by atoms with Gasteiger partial charge in [-0.1, -0.05) is 44.5 Å². The molecule has 0 bridgehead atoms. The number of pyridine rings is 1. The Morgan fingerprint density at radius 1 is 1.20 bits per heavy atom. The molecule has 0 saturated carbocycles. The van der Waals surface area contributed by atoms with Crippen molar-refractivity contribution in [1.82, 2.24) is 10.3 Å². The van der Waals surface area contributed by atoms with Crippen LogP contribution in [0.1, 0.15) is 32.8 Å². The van der Waals surface area contributed by atoms with Gasteiger partial charge in [0.2, 0.25) is 0 Å². The minimum Gasteiger partial charge on any atom is -0.494 e. The topological polar surface area (TPSA) is 63.2 Å². The summed E-state index contributed by atoms with van der Waals surface area (Å²) in [6, 6.07) is 11.0. The first-order chi connectivity index (χ1) is 11.8. The Morgan fingerprint density at radius 3 is 2.56 bits per heavy atom. The SMILES string of the molecule is CC(C)(C)c1ccc(OCCCNC(=O)Nc2cc(Cl)ccn2)cc1. The van der Waals surface area contributed by atoms with Gasteiger partial charge in [0, 0.05) is 17.8 Å². The predicted molar refractivity (Wildman–Crippen MR) is 102 cm³/mol. The number of ether oxygens (including phenoxy) is 1. The summed E-state index contributed by atoms with van der Waals surface area (Å²) < 4.78 is 5.69. The number of hydrogen-bond donors (Lipinski definition) is 2. The van der Waals surface area contributed by atoms with Crippen LogP contribution in [0.15, 0.2) is 42.6 Å². The van der Waals surface area contributed by atoms with Crippen molar-refractivity contribution < 1.29 is 9.53 Å². The van der Waals surface area contributed by atoms with Gasteiger partial charge in [-0.15, -0.1) is 0 Å². The molecule has 2 amide bonds. The largest absolute Gasteiger partial charge is 0.494 e. The number of nitrogens with one attached hydrogen (secondary N) is 2. The highest BCUT2D eigenvalue weighted by Crippen LogP contribution is 2.24. The number of hydrogen-bond acceptors (Lipinski definition) is 3. The Hall–Kier alpha value is -2.27. The minimum atomic E-state index is -0.315. The van der Waals surface area contributed by atoms with Gasteiger partial charge in [-0.25, -0.2) is 9.78 Å². The lowest BCUT2D eigenvalue weighted by atomic mass is 9.87. The van der Waals surface area contributed by atoms with Crippen LogP contribution in [-0.2, 0) is 5.41 Å². The molecule has 0 aliphatic carbocycles. The van der Waals surface area contributed by atoms with Crippen LogP contribution in [0.25, 0.3) is 0 Å². The van der Waals surface area contributed by atoms with Crippen molar-refractivity contribution in [2.45, 2.75) is 32.6 Å². The number of aromatic nitrogens is 1. The van der Waals surface area contributed by atoms with Gasteiger partial charge in [-0.3, -0.25) is 5.32 Å². The molecule has 0 fully saturated rings. The third-order valence-electron chi connectivity index (χ3n) is 3.56. The van der Waals surface area contributed by atoms with Crippen molar-refractivity contribution in [3.63, 3.8) is 0 Å². The smallest absolute Gasteiger partial charge is 0.320 e. The van der Waals surface area contributed by atoms with E-state index in [4.69, 9.17) is 16.3 Å². The first kappa shape index (κ1) is 19.1. The van der Waals surface area contributed by atoms with Crippen molar-refractivity contribution in [1.29, 1.82) is 0 Å². The molecule has 0 aliphatic rings. The molecule has 25 heavy (non-hydrogen) atoms. The highest BCUT2D eigenvalue weighted by atomic mass is 35.5. The maximum Gasteiger partial charge on any atom is 0.320 e. The molecule has 0 saturated heterocycles. The summed E-state index contributed by atoms with van der Waals surface area (Å²) in [6.07, 6.45) is 2.24. The number of urea groups is 1. The van der Waals surface area contributed by atoms with Crippen LogP contribution in [0.4, 0.5) is 10.6 Å². The van der Waals surface area contributed by atoms with E-state index in [0.29, 0.717) is 30.4 Å². The fourth-order valence-corrected chi connectivity index (χ4v) is 2.31. The highest BCUT2D eigenvalue weighted by molar-refractivity contribution is 6.30. The molecule has 6 heteroatoms. The highest BCUT2D eigenvalue weighted by Gasteiger charge is 2.12. The first-order valence-corrected chi connectivity index (χ1v) is 8.62. The quantitative estimate of drug-likeness (QED) is 0.738. The number of nitrogens with zero attached hydrogens (tertiary/aromatic N) is 1. The lowest BCUT2D eigenvalue weighted by Gasteiger charge is -2.19. The zero-order valence-electron chi connectivity index (χ0n) is 14.8. The van der Waals surface area contributed by atoms with Crippen LogP contribution in [0.3, 0.4) is 0 Å². The lowest BCUT2D eigenvalue weighted by molar-refractivity contribution is 0.250. The molecule has 134 valence electrons. The summed E-state index contributed by atoms with van der Waals surface area (Å²) in [7, 11) is 0. The number of amides is 2. The van der Waals surface area contributed by atoms with Crippen LogP contribution in [0, 0.1) is 0 Å². The van der Waals surface area contributed by atoms with E-state index in [1.807, 2.05) is 12.1 Å². The Kier molecular flexibility index (Phi) is 6.65. The molecular weight excluding hydrogens is 338 g/mol. The van der Waals surface area contributed by atoms with E-state index in [9.17, 15) is 4.79 Å². The molecule has 0 spiro atoms. The van der Waals surface area contributed by atoms with Crippen molar-refractivity contribution >= 4 is 23.4 Å². The average Bonchev–Trinajstić information content (AvgIpc) is 2.54. The number of anilines is 1. The summed E-state index contributed by atoms with van der Waals surface area (Å²) in [5.74, 6) is 1.25.